The zero-order valence-electron chi connectivity index (χ0n) is 15.3. The minimum Gasteiger partial charge on any atom is -0.347 e. The Balaban J connectivity index is 1.88. The van der Waals surface area contributed by atoms with E-state index in [-0.39, 0.29) is 35.6 Å². The Kier molecular flexibility index (Phi) is 5.47. The highest BCUT2D eigenvalue weighted by Crippen LogP contribution is 2.59. The van der Waals surface area contributed by atoms with Gasteiger partial charge in [0.15, 0.2) is 0 Å². The molecule has 2 N–H and O–H groups in total. The summed E-state index contributed by atoms with van der Waals surface area (Å²) in [5.41, 5.74) is 3.09. The van der Waals surface area contributed by atoms with Gasteiger partial charge in [-0.1, -0.05) is 50.6 Å². The first-order valence-corrected chi connectivity index (χ1v) is 8.57. The summed E-state index contributed by atoms with van der Waals surface area (Å²) in [4.78, 5) is 24.5. The lowest BCUT2D eigenvalue weighted by Crippen LogP contribution is -2.34. The van der Waals surface area contributed by atoms with E-state index in [4.69, 9.17) is 0 Å². The zero-order valence-corrected chi connectivity index (χ0v) is 15.3. The third-order valence-corrected chi connectivity index (χ3v) is 4.80. The van der Waals surface area contributed by atoms with Crippen LogP contribution in [-0.2, 0) is 16.0 Å². The average molecular weight is 328 g/mol. The van der Waals surface area contributed by atoms with Gasteiger partial charge >= 0.3 is 0 Å². The van der Waals surface area contributed by atoms with Crippen LogP contribution in [0.15, 0.2) is 35.9 Å². The molecule has 0 saturated heterocycles. The standard InChI is InChI=1S/C20H28N2O2/c1-6-14-9-7-8-10-16(14)22-17(23)12-21-19(24)18-15(11-13(2)3)20(18,4)5/h7-11,15,18H,6,12H2,1-5H3,(H,21,24)(H,22,23)/t15-,18-/m1/s1. The van der Waals surface area contributed by atoms with E-state index in [1.165, 1.54) is 5.57 Å². The number of hydrogen-bond acceptors (Lipinski definition) is 2. The fraction of sp³-hybridized carbons (Fsp3) is 0.500. The Morgan fingerprint density at radius 3 is 2.50 bits per heavy atom. The van der Waals surface area contributed by atoms with Gasteiger partial charge in [-0.25, -0.2) is 0 Å². The molecule has 4 nitrogen and oxygen atoms in total. The molecule has 24 heavy (non-hydrogen) atoms. The number of para-hydroxylation sites is 1. The molecule has 1 aromatic carbocycles. The van der Waals surface area contributed by atoms with E-state index in [0.29, 0.717) is 0 Å². The van der Waals surface area contributed by atoms with Crippen molar-refractivity contribution in [1.29, 1.82) is 0 Å². The lowest BCUT2D eigenvalue weighted by molar-refractivity contribution is -0.125. The Morgan fingerprint density at radius 2 is 1.88 bits per heavy atom. The second-order valence-corrected chi connectivity index (χ2v) is 7.35. The zero-order chi connectivity index (χ0) is 17.9. The van der Waals surface area contributed by atoms with Crippen molar-refractivity contribution in [2.24, 2.45) is 17.3 Å². The number of hydrogen-bond donors (Lipinski definition) is 2. The fourth-order valence-corrected chi connectivity index (χ4v) is 3.27. The van der Waals surface area contributed by atoms with Crippen molar-refractivity contribution in [3.05, 3.63) is 41.5 Å². The van der Waals surface area contributed by atoms with Crippen molar-refractivity contribution < 1.29 is 9.59 Å². The molecule has 2 rings (SSSR count). The number of anilines is 1. The highest BCUT2D eigenvalue weighted by molar-refractivity contribution is 5.96. The van der Waals surface area contributed by atoms with E-state index in [0.717, 1.165) is 17.7 Å². The number of carbonyl (C=O) groups excluding carboxylic acids is 2. The number of benzene rings is 1. The molecule has 1 aliphatic rings. The summed E-state index contributed by atoms with van der Waals surface area (Å²) in [6.07, 6.45) is 3.01. The van der Waals surface area contributed by atoms with E-state index in [2.05, 4.69) is 30.6 Å². The van der Waals surface area contributed by atoms with Crippen molar-refractivity contribution in [2.75, 3.05) is 11.9 Å². The summed E-state index contributed by atoms with van der Waals surface area (Å²) in [6.45, 7) is 10.3. The maximum Gasteiger partial charge on any atom is 0.243 e. The Morgan fingerprint density at radius 1 is 1.21 bits per heavy atom. The molecule has 1 aromatic rings. The monoisotopic (exact) mass is 328 g/mol. The maximum absolute atomic E-state index is 12.4. The second-order valence-electron chi connectivity index (χ2n) is 7.35. The Hall–Kier alpha value is -2.10. The van der Waals surface area contributed by atoms with Crippen LogP contribution in [0.4, 0.5) is 5.69 Å². The Labute approximate surface area is 144 Å². The largest absolute Gasteiger partial charge is 0.347 e. The minimum atomic E-state index is -0.193. The molecule has 1 aliphatic carbocycles. The summed E-state index contributed by atoms with van der Waals surface area (Å²) in [7, 11) is 0. The third-order valence-electron chi connectivity index (χ3n) is 4.80. The van der Waals surface area contributed by atoms with E-state index in [9.17, 15) is 9.59 Å². The highest BCUT2D eigenvalue weighted by Gasteiger charge is 2.60. The summed E-state index contributed by atoms with van der Waals surface area (Å²) in [5, 5.41) is 5.66. The summed E-state index contributed by atoms with van der Waals surface area (Å²) >= 11 is 0. The van der Waals surface area contributed by atoms with Gasteiger partial charge in [0.2, 0.25) is 11.8 Å². The van der Waals surface area contributed by atoms with Crippen molar-refractivity contribution in [3.8, 4) is 0 Å². The molecule has 0 bridgehead atoms. The first-order chi connectivity index (χ1) is 11.3. The van der Waals surface area contributed by atoms with Crippen LogP contribution >= 0.6 is 0 Å². The summed E-state index contributed by atoms with van der Waals surface area (Å²) in [5.74, 6) is -0.0302. The molecule has 0 radical (unpaired) electrons. The molecule has 2 amide bonds. The van der Waals surface area contributed by atoms with Crippen LogP contribution < -0.4 is 10.6 Å². The number of aryl methyl sites for hydroxylation is 1. The van der Waals surface area contributed by atoms with Crippen LogP contribution in [0, 0.1) is 17.3 Å². The fourth-order valence-electron chi connectivity index (χ4n) is 3.27. The van der Waals surface area contributed by atoms with Gasteiger partial charge in [-0.3, -0.25) is 9.59 Å². The van der Waals surface area contributed by atoms with Gasteiger partial charge in [0, 0.05) is 5.69 Å². The first kappa shape index (κ1) is 18.2. The average Bonchev–Trinajstić information content (AvgIpc) is 3.05. The van der Waals surface area contributed by atoms with Crippen LogP contribution in [-0.4, -0.2) is 18.4 Å². The quantitative estimate of drug-likeness (QED) is 0.785. The minimum absolute atomic E-state index is 0.00496. The van der Waals surface area contributed by atoms with E-state index >= 15 is 0 Å². The van der Waals surface area contributed by atoms with Crippen LogP contribution in [0.1, 0.15) is 40.2 Å². The normalized spacial score (nSPS) is 20.9. The lowest BCUT2D eigenvalue weighted by atomic mass is 10.1. The number of amides is 2. The van der Waals surface area contributed by atoms with Crippen molar-refractivity contribution in [3.63, 3.8) is 0 Å². The van der Waals surface area contributed by atoms with Gasteiger partial charge in [0.05, 0.1) is 12.5 Å². The maximum atomic E-state index is 12.4. The molecule has 2 atom stereocenters. The highest BCUT2D eigenvalue weighted by atomic mass is 16.2. The molecule has 0 heterocycles. The first-order valence-electron chi connectivity index (χ1n) is 8.57. The molecular weight excluding hydrogens is 300 g/mol. The van der Waals surface area contributed by atoms with E-state index in [1.807, 2.05) is 45.0 Å². The van der Waals surface area contributed by atoms with Gasteiger partial charge in [0.25, 0.3) is 0 Å². The number of rotatable bonds is 6. The summed E-state index contributed by atoms with van der Waals surface area (Å²) in [6, 6.07) is 7.72. The van der Waals surface area contributed by atoms with E-state index < -0.39 is 0 Å². The topological polar surface area (TPSA) is 58.2 Å². The lowest BCUT2D eigenvalue weighted by Gasteiger charge is -2.10. The van der Waals surface area contributed by atoms with Crippen LogP contribution in [0.25, 0.3) is 0 Å². The van der Waals surface area contributed by atoms with Crippen molar-refractivity contribution in [2.45, 2.75) is 41.0 Å². The molecule has 0 aromatic heterocycles. The van der Waals surface area contributed by atoms with Gasteiger partial charge in [-0.2, -0.15) is 0 Å². The molecule has 130 valence electrons. The second kappa shape index (κ2) is 7.20. The van der Waals surface area contributed by atoms with Gasteiger partial charge in [0.1, 0.15) is 0 Å². The third kappa shape index (κ3) is 4.05. The van der Waals surface area contributed by atoms with Gasteiger partial charge in [-0.05, 0) is 43.2 Å². The summed E-state index contributed by atoms with van der Waals surface area (Å²) < 4.78 is 0. The van der Waals surface area contributed by atoms with Crippen LogP contribution in [0.2, 0.25) is 0 Å². The van der Waals surface area contributed by atoms with Gasteiger partial charge in [-0.15, -0.1) is 0 Å². The molecular formula is C20H28N2O2. The van der Waals surface area contributed by atoms with E-state index in [1.54, 1.807) is 0 Å². The smallest absolute Gasteiger partial charge is 0.243 e. The molecule has 0 aliphatic heterocycles. The van der Waals surface area contributed by atoms with Crippen molar-refractivity contribution in [1.82, 2.24) is 5.32 Å². The molecule has 4 heteroatoms. The number of allylic oxidation sites excluding steroid dienone is 2. The Bertz CT molecular complexity index is 657. The van der Waals surface area contributed by atoms with Crippen LogP contribution in [0.5, 0.6) is 0 Å². The molecule has 0 spiro atoms. The number of nitrogens with one attached hydrogen (secondary N) is 2. The molecule has 1 saturated carbocycles. The van der Waals surface area contributed by atoms with Crippen molar-refractivity contribution >= 4 is 17.5 Å². The number of carbonyl (C=O) groups is 2. The van der Waals surface area contributed by atoms with Crippen LogP contribution in [0.3, 0.4) is 0 Å². The molecule has 0 unspecified atom stereocenters. The predicted octanol–water partition coefficient (Wildman–Crippen LogP) is 3.54. The van der Waals surface area contributed by atoms with Gasteiger partial charge < -0.3 is 10.6 Å². The SMILES string of the molecule is CCc1ccccc1NC(=O)CNC(=O)[C@H]1[C@@H](C=C(C)C)C1(C)C. The molecule has 1 fully saturated rings. The predicted molar refractivity (Wildman–Crippen MR) is 97.7 cm³/mol.